The third-order valence-electron chi connectivity index (χ3n) is 4.51. The molecule has 5 heteroatoms. The zero-order valence-corrected chi connectivity index (χ0v) is 14.3. The van der Waals surface area contributed by atoms with Gasteiger partial charge in [-0.1, -0.05) is 30.3 Å². The average molecular weight is 341 g/mol. The first kappa shape index (κ1) is 17.3. The number of carbonyl (C=O) groups is 1. The maximum atomic E-state index is 12.1. The first-order chi connectivity index (χ1) is 12.1. The summed E-state index contributed by atoms with van der Waals surface area (Å²) >= 11 is 0. The summed E-state index contributed by atoms with van der Waals surface area (Å²) in [6, 6.07) is 16.6. The minimum atomic E-state index is -1.02. The number of ether oxygens (including phenoxy) is 2. The highest BCUT2D eigenvalue weighted by molar-refractivity contribution is 5.77. The fourth-order valence-electron chi connectivity index (χ4n) is 2.87. The van der Waals surface area contributed by atoms with Crippen molar-refractivity contribution in [3.8, 4) is 11.5 Å². The molecule has 0 aromatic heterocycles. The summed E-state index contributed by atoms with van der Waals surface area (Å²) in [6.07, 6.45) is 1.95. The monoisotopic (exact) mass is 341 g/mol. The number of aliphatic hydroxyl groups is 1. The summed E-state index contributed by atoms with van der Waals surface area (Å²) < 4.78 is 10.5. The molecule has 1 aliphatic carbocycles. The fourth-order valence-corrected chi connectivity index (χ4v) is 2.87. The third kappa shape index (κ3) is 4.31. The van der Waals surface area contributed by atoms with Gasteiger partial charge in [-0.15, -0.1) is 0 Å². The van der Waals surface area contributed by atoms with E-state index in [2.05, 4.69) is 5.32 Å². The van der Waals surface area contributed by atoms with Crippen molar-refractivity contribution in [2.75, 3.05) is 20.3 Å². The molecule has 1 aliphatic rings. The van der Waals surface area contributed by atoms with Gasteiger partial charge in [-0.3, -0.25) is 4.79 Å². The van der Waals surface area contributed by atoms with Crippen LogP contribution in [-0.4, -0.2) is 31.3 Å². The van der Waals surface area contributed by atoms with Crippen LogP contribution in [0.15, 0.2) is 54.6 Å². The van der Waals surface area contributed by atoms with Crippen LogP contribution >= 0.6 is 0 Å². The third-order valence-corrected chi connectivity index (χ3v) is 4.51. The molecule has 0 radical (unpaired) electrons. The van der Waals surface area contributed by atoms with Gasteiger partial charge in [0, 0.05) is 0 Å². The van der Waals surface area contributed by atoms with E-state index in [9.17, 15) is 9.90 Å². The molecule has 2 aromatic rings. The van der Waals surface area contributed by atoms with Crippen LogP contribution in [0.25, 0.3) is 0 Å². The van der Waals surface area contributed by atoms with Gasteiger partial charge in [0.25, 0.3) is 5.91 Å². The molecule has 1 fully saturated rings. The fraction of sp³-hybridized carbons (Fsp3) is 0.350. The van der Waals surface area contributed by atoms with Crippen molar-refractivity contribution in [3.63, 3.8) is 0 Å². The molecule has 1 atom stereocenters. The Morgan fingerprint density at radius 1 is 1.12 bits per heavy atom. The van der Waals surface area contributed by atoms with Crippen LogP contribution in [0.4, 0.5) is 0 Å². The molecule has 0 saturated heterocycles. The van der Waals surface area contributed by atoms with Crippen molar-refractivity contribution >= 4 is 5.91 Å². The molecule has 0 heterocycles. The van der Waals surface area contributed by atoms with E-state index in [1.807, 2.05) is 30.3 Å². The van der Waals surface area contributed by atoms with E-state index < -0.39 is 5.60 Å². The number of amides is 1. The molecule has 3 rings (SSSR count). The van der Waals surface area contributed by atoms with Crippen molar-refractivity contribution in [3.05, 3.63) is 60.2 Å². The predicted molar refractivity (Wildman–Crippen MR) is 94.6 cm³/mol. The molecule has 0 bridgehead atoms. The average Bonchev–Trinajstić information content (AvgIpc) is 3.51. The Kier molecular flexibility index (Phi) is 5.24. The summed E-state index contributed by atoms with van der Waals surface area (Å²) in [5.74, 6) is 1.26. The maximum Gasteiger partial charge on any atom is 0.258 e. The molecule has 2 N–H and O–H groups in total. The Labute approximate surface area is 147 Å². The van der Waals surface area contributed by atoms with Gasteiger partial charge in [-0.05, 0) is 48.6 Å². The highest BCUT2D eigenvalue weighted by Crippen LogP contribution is 2.45. The first-order valence-corrected chi connectivity index (χ1v) is 8.43. The minimum absolute atomic E-state index is 0.0954. The Morgan fingerprint density at radius 2 is 1.76 bits per heavy atom. The van der Waals surface area contributed by atoms with E-state index in [0.29, 0.717) is 5.75 Å². The van der Waals surface area contributed by atoms with Crippen LogP contribution in [0.2, 0.25) is 0 Å². The number of nitrogens with one attached hydrogen (secondary N) is 1. The van der Waals surface area contributed by atoms with Crippen molar-refractivity contribution in [2.24, 2.45) is 5.92 Å². The largest absolute Gasteiger partial charge is 0.497 e. The van der Waals surface area contributed by atoms with Gasteiger partial charge in [0.15, 0.2) is 6.61 Å². The summed E-state index contributed by atoms with van der Waals surface area (Å²) in [4.78, 5) is 12.1. The number of rotatable bonds is 8. The number of carbonyl (C=O) groups excluding carboxylic acids is 1. The van der Waals surface area contributed by atoms with E-state index in [1.54, 1.807) is 31.4 Å². The van der Waals surface area contributed by atoms with Gasteiger partial charge in [-0.2, -0.15) is 0 Å². The van der Waals surface area contributed by atoms with Crippen LogP contribution in [0.3, 0.4) is 0 Å². The second-order valence-electron chi connectivity index (χ2n) is 6.31. The number of hydrogen-bond donors (Lipinski definition) is 2. The molecule has 132 valence electrons. The minimum Gasteiger partial charge on any atom is -0.497 e. The Balaban J connectivity index is 1.53. The summed E-state index contributed by atoms with van der Waals surface area (Å²) in [6.45, 7) is 0.0916. The second kappa shape index (κ2) is 7.57. The lowest BCUT2D eigenvalue weighted by Gasteiger charge is -2.29. The lowest BCUT2D eigenvalue weighted by molar-refractivity contribution is -0.124. The lowest BCUT2D eigenvalue weighted by atomic mass is 9.88. The van der Waals surface area contributed by atoms with Crippen LogP contribution in [-0.2, 0) is 10.4 Å². The Morgan fingerprint density at radius 3 is 2.36 bits per heavy atom. The molecule has 1 amide bonds. The van der Waals surface area contributed by atoms with E-state index in [1.165, 1.54) is 0 Å². The number of hydrogen-bond acceptors (Lipinski definition) is 4. The molecule has 1 unspecified atom stereocenters. The van der Waals surface area contributed by atoms with Crippen LogP contribution in [0.5, 0.6) is 11.5 Å². The lowest BCUT2D eigenvalue weighted by Crippen LogP contribution is -2.43. The van der Waals surface area contributed by atoms with Crippen molar-refractivity contribution < 1.29 is 19.4 Å². The Bertz CT molecular complexity index is 697. The van der Waals surface area contributed by atoms with Crippen LogP contribution in [0, 0.1) is 5.92 Å². The second-order valence-corrected chi connectivity index (χ2v) is 6.31. The maximum absolute atomic E-state index is 12.1. The SMILES string of the molecule is COc1ccc(OCC(=O)NCC(O)(c2ccccc2)C2CC2)cc1. The van der Waals surface area contributed by atoms with E-state index in [0.717, 1.165) is 24.2 Å². The molecule has 0 aliphatic heterocycles. The van der Waals surface area contributed by atoms with E-state index in [-0.39, 0.29) is 25.0 Å². The van der Waals surface area contributed by atoms with Gasteiger partial charge in [0.2, 0.25) is 0 Å². The normalized spacial score (nSPS) is 15.9. The summed E-state index contributed by atoms with van der Waals surface area (Å²) in [5, 5.41) is 13.8. The topological polar surface area (TPSA) is 67.8 Å². The van der Waals surface area contributed by atoms with Crippen molar-refractivity contribution in [2.45, 2.75) is 18.4 Å². The van der Waals surface area contributed by atoms with Crippen molar-refractivity contribution in [1.82, 2.24) is 5.32 Å². The number of methoxy groups -OCH3 is 1. The van der Waals surface area contributed by atoms with Gasteiger partial charge in [0.05, 0.1) is 13.7 Å². The molecular weight excluding hydrogens is 318 g/mol. The van der Waals surface area contributed by atoms with Crippen molar-refractivity contribution in [1.29, 1.82) is 0 Å². The smallest absolute Gasteiger partial charge is 0.258 e. The molecule has 25 heavy (non-hydrogen) atoms. The highest BCUT2D eigenvalue weighted by Gasteiger charge is 2.45. The van der Waals surface area contributed by atoms with Gasteiger partial charge < -0.3 is 19.9 Å². The Hall–Kier alpha value is -2.53. The molecule has 1 saturated carbocycles. The predicted octanol–water partition coefficient (Wildman–Crippen LogP) is 2.49. The summed E-state index contributed by atoms with van der Waals surface area (Å²) in [5.41, 5.74) is -0.175. The zero-order chi connectivity index (χ0) is 17.7. The van der Waals surface area contributed by atoms with E-state index in [4.69, 9.17) is 9.47 Å². The molecular formula is C20H23NO4. The van der Waals surface area contributed by atoms with E-state index >= 15 is 0 Å². The first-order valence-electron chi connectivity index (χ1n) is 8.43. The summed E-state index contributed by atoms with van der Waals surface area (Å²) in [7, 11) is 1.59. The zero-order valence-electron chi connectivity index (χ0n) is 14.3. The quantitative estimate of drug-likeness (QED) is 0.774. The molecule has 5 nitrogen and oxygen atoms in total. The number of benzene rings is 2. The molecule has 0 spiro atoms. The van der Waals surface area contributed by atoms with Crippen LogP contribution < -0.4 is 14.8 Å². The van der Waals surface area contributed by atoms with Gasteiger partial charge >= 0.3 is 0 Å². The molecule has 2 aromatic carbocycles. The van der Waals surface area contributed by atoms with Crippen LogP contribution in [0.1, 0.15) is 18.4 Å². The van der Waals surface area contributed by atoms with Gasteiger partial charge in [-0.25, -0.2) is 0 Å². The van der Waals surface area contributed by atoms with Gasteiger partial charge in [0.1, 0.15) is 17.1 Å². The highest BCUT2D eigenvalue weighted by atomic mass is 16.5. The standard InChI is InChI=1S/C20H23NO4/c1-24-17-9-11-18(12-10-17)25-13-19(22)21-14-20(23,16-7-8-16)15-5-3-2-4-6-15/h2-6,9-12,16,23H,7-8,13-14H2,1H3,(H,21,22).